The van der Waals surface area contributed by atoms with Gasteiger partial charge in [-0.1, -0.05) is 32.0 Å². The summed E-state index contributed by atoms with van der Waals surface area (Å²) in [5.41, 5.74) is 1.46. The lowest BCUT2D eigenvalue weighted by Gasteiger charge is -2.31. The van der Waals surface area contributed by atoms with Crippen molar-refractivity contribution in [3.05, 3.63) is 59.2 Å². The van der Waals surface area contributed by atoms with Crippen molar-refractivity contribution in [2.24, 2.45) is 0 Å². The molecule has 0 atom stereocenters. The molecule has 0 aliphatic heterocycles. The second kappa shape index (κ2) is 9.96. The Morgan fingerprint density at radius 2 is 1.59 bits per heavy atom. The number of amides is 1. The van der Waals surface area contributed by atoms with E-state index in [0.29, 0.717) is 37.3 Å². The summed E-state index contributed by atoms with van der Waals surface area (Å²) >= 11 is 0. The van der Waals surface area contributed by atoms with Crippen LogP contribution in [0.5, 0.6) is 11.5 Å². The zero-order chi connectivity index (χ0) is 21.4. The average molecular weight is 399 g/mol. The predicted molar refractivity (Wildman–Crippen MR) is 112 cm³/mol. The summed E-state index contributed by atoms with van der Waals surface area (Å²) in [6.07, 6.45) is 1.93. The van der Waals surface area contributed by atoms with Crippen molar-refractivity contribution >= 4 is 11.9 Å². The molecule has 0 saturated carbocycles. The lowest BCUT2D eigenvalue weighted by atomic mass is 9.75. The van der Waals surface area contributed by atoms with Gasteiger partial charge in [-0.15, -0.1) is 0 Å². The van der Waals surface area contributed by atoms with Crippen molar-refractivity contribution in [1.29, 1.82) is 0 Å². The molecule has 0 radical (unpaired) electrons. The van der Waals surface area contributed by atoms with E-state index in [4.69, 9.17) is 14.6 Å². The highest BCUT2D eigenvalue weighted by atomic mass is 16.5. The number of carboxylic acids is 1. The lowest BCUT2D eigenvalue weighted by molar-refractivity contribution is -0.127. The Balaban J connectivity index is 2.13. The van der Waals surface area contributed by atoms with E-state index in [2.05, 4.69) is 5.32 Å². The Hall–Kier alpha value is -3.02. The van der Waals surface area contributed by atoms with Gasteiger partial charge in [0.25, 0.3) is 0 Å². The zero-order valence-corrected chi connectivity index (χ0v) is 17.5. The van der Waals surface area contributed by atoms with Gasteiger partial charge in [0.15, 0.2) is 11.5 Å². The van der Waals surface area contributed by atoms with Crippen molar-refractivity contribution in [3.63, 3.8) is 0 Å². The van der Waals surface area contributed by atoms with Gasteiger partial charge in [0.1, 0.15) is 0 Å². The third kappa shape index (κ3) is 4.88. The molecule has 2 aromatic carbocycles. The summed E-state index contributed by atoms with van der Waals surface area (Å²) in [6, 6.07) is 12.3. The second-order valence-corrected chi connectivity index (χ2v) is 6.87. The quantitative estimate of drug-likeness (QED) is 0.634. The number of carbonyl (C=O) groups excluding carboxylic acids is 1. The van der Waals surface area contributed by atoms with Gasteiger partial charge in [-0.05, 0) is 54.7 Å². The third-order valence-corrected chi connectivity index (χ3v) is 5.48. The Morgan fingerprint density at radius 1 is 0.966 bits per heavy atom. The molecule has 0 heterocycles. The summed E-state index contributed by atoms with van der Waals surface area (Å²) in [6.45, 7) is 4.48. The molecule has 2 rings (SSSR count). The van der Waals surface area contributed by atoms with Gasteiger partial charge >= 0.3 is 5.97 Å². The smallest absolute Gasteiger partial charge is 0.335 e. The van der Waals surface area contributed by atoms with Gasteiger partial charge in [0, 0.05) is 6.54 Å². The fourth-order valence-corrected chi connectivity index (χ4v) is 3.55. The molecule has 0 unspecified atom stereocenters. The molecule has 0 aliphatic rings. The normalized spacial score (nSPS) is 11.0. The maximum Gasteiger partial charge on any atom is 0.335 e. The van der Waals surface area contributed by atoms with E-state index in [1.807, 2.05) is 32.0 Å². The molecule has 0 saturated heterocycles. The first-order valence-corrected chi connectivity index (χ1v) is 9.74. The minimum atomic E-state index is -0.949. The lowest BCUT2D eigenvalue weighted by Crippen LogP contribution is -2.44. The van der Waals surface area contributed by atoms with E-state index in [-0.39, 0.29) is 11.5 Å². The summed E-state index contributed by atoms with van der Waals surface area (Å²) in [7, 11) is 3.16. The van der Waals surface area contributed by atoms with Crippen molar-refractivity contribution in [2.45, 2.75) is 38.5 Å². The molecular weight excluding hydrogens is 370 g/mol. The number of benzene rings is 2. The molecule has 6 nitrogen and oxygen atoms in total. The number of carbonyl (C=O) groups is 2. The number of hydrogen-bond acceptors (Lipinski definition) is 4. The maximum atomic E-state index is 13.2. The fourth-order valence-electron chi connectivity index (χ4n) is 3.55. The highest BCUT2D eigenvalue weighted by Crippen LogP contribution is 2.37. The summed E-state index contributed by atoms with van der Waals surface area (Å²) in [5, 5.41) is 12.0. The summed E-state index contributed by atoms with van der Waals surface area (Å²) < 4.78 is 10.7. The van der Waals surface area contributed by atoms with Crippen LogP contribution in [-0.2, 0) is 16.6 Å². The molecule has 1 amide bonds. The number of rotatable bonds is 10. The van der Waals surface area contributed by atoms with E-state index in [9.17, 15) is 9.59 Å². The number of nitrogens with one attached hydrogen (secondary N) is 1. The van der Waals surface area contributed by atoms with Crippen LogP contribution in [-0.4, -0.2) is 37.7 Å². The molecule has 0 fully saturated rings. The Morgan fingerprint density at radius 3 is 2.10 bits per heavy atom. The molecule has 0 aromatic heterocycles. The molecule has 0 spiro atoms. The van der Waals surface area contributed by atoms with Crippen LogP contribution in [0, 0.1) is 0 Å². The van der Waals surface area contributed by atoms with Crippen molar-refractivity contribution in [2.75, 3.05) is 20.8 Å². The van der Waals surface area contributed by atoms with Crippen LogP contribution in [0.2, 0.25) is 0 Å². The molecular formula is C23H29NO5. The van der Waals surface area contributed by atoms with Crippen molar-refractivity contribution in [3.8, 4) is 11.5 Å². The van der Waals surface area contributed by atoms with Crippen LogP contribution in [0.3, 0.4) is 0 Å². The van der Waals surface area contributed by atoms with Crippen molar-refractivity contribution in [1.82, 2.24) is 5.32 Å². The minimum absolute atomic E-state index is 0.0307. The standard InChI is InChI=1S/C23H29NO5/c1-5-23(6-2,18-11-12-19(28-3)20(15-18)29-4)22(27)24-14-13-16-7-9-17(10-8-16)21(25)26/h7-12,15H,5-6,13-14H2,1-4H3,(H,24,27)(H,25,26). The van der Waals surface area contributed by atoms with Gasteiger partial charge in [0.2, 0.25) is 5.91 Å². The number of methoxy groups -OCH3 is 2. The molecule has 0 aliphatic carbocycles. The number of ether oxygens (including phenoxy) is 2. The van der Waals surface area contributed by atoms with Gasteiger partial charge in [-0.25, -0.2) is 4.79 Å². The van der Waals surface area contributed by atoms with E-state index >= 15 is 0 Å². The molecule has 2 aromatic rings. The minimum Gasteiger partial charge on any atom is -0.493 e. The van der Waals surface area contributed by atoms with Crippen LogP contribution in [0.4, 0.5) is 0 Å². The predicted octanol–water partition coefficient (Wildman–Crippen LogP) is 3.82. The van der Waals surface area contributed by atoms with Crippen LogP contribution >= 0.6 is 0 Å². The average Bonchev–Trinajstić information content (AvgIpc) is 2.75. The van der Waals surface area contributed by atoms with Crippen LogP contribution < -0.4 is 14.8 Å². The molecule has 2 N–H and O–H groups in total. The fraction of sp³-hybridized carbons (Fsp3) is 0.391. The van der Waals surface area contributed by atoms with Gasteiger partial charge < -0.3 is 19.9 Å². The van der Waals surface area contributed by atoms with Gasteiger partial charge in [-0.2, -0.15) is 0 Å². The molecule has 6 heteroatoms. The zero-order valence-electron chi connectivity index (χ0n) is 17.5. The Labute approximate surface area is 171 Å². The van der Waals surface area contributed by atoms with Crippen molar-refractivity contribution < 1.29 is 24.2 Å². The number of hydrogen-bond donors (Lipinski definition) is 2. The van der Waals surface area contributed by atoms with E-state index in [0.717, 1.165) is 11.1 Å². The summed E-state index contributed by atoms with van der Waals surface area (Å²) in [4.78, 5) is 24.1. The SMILES string of the molecule is CCC(CC)(C(=O)NCCc1ccc(C(=O)O)cc1)c1ccc(OC)c(OC)c1. The van der Waals surface area contributed by atoms with E-state index in [1.54, 1.807) is 38.5 Å². The second-order valence-electron chi connectivity index (χ2n) is 6.87. The van der Waals surface area contributed by atoms with Crippen LogP contribution in [0.1, 0.15) is 48.2 Å². The number of aromatic carboxylic acids is 1. The highest BCUT2D eigenvalue weighted by Gasteiger charge is 2.37. The first kappa shape index (κ1) is 22.3. The maximum absolute atomic E-state index is 13.2. The van der Waals surface area contributed by atoms with Gasteiger partial charge in [0.05, 0.1) is 25.2 Å². The summed E-state index contributed by atoms with van der Waals surface area (Å²) in [5.74, 6) is 0.248. The highest BCUT2D eigenvalue weighted by molar-refractivity contribution is 5.88. The monoisotopic (exact) mass is 399 g/mol. The van der Waals surface area contributed by atoms with E-state index < -0.39 is 11.4 Å². The third-order valence-electron chi connectivity index (χ3n) is 5.48. The topological polar surface area (TPSA) is 84.9 Å². The Kier molecular flexibility index (Phi) is 7.65. The van der Waals surface area contributed by atoms with E-state index in [1.165, 1.54) is 0 Å². The first-order chi connectivity index (χ1) is 13.9. The molecule has 29 heavy (non-hydrogen) atoms. The molecule has 0 bridgehead atoms. The first-order valence-electron chi connectivity index (χ1n) is 9.74. The van der Waals surface area contributed by atoms with Crippen LogP contribution in [0.25, 0.3) is 0 Å². The largest absolute Gasteiger partial charge is 0.493 e. The molecule has 156 valence electrons. The van der Waals surface area contributed by atoms with Crippen LogP contribution in [0.15, 0.2) is 42.5 Å². The van der Waals surface area contributed by atoms with Gasteiger partial charge in [-0.3, -0.25) is 4.79 Å². The number of carboxylic acid groups (broad SMARTS) is 1. The Bertz CT molecular complexity index is 841.